The highest BCUT2D eigenvalue weighted by Crippen LogP contribution is 2.23. The highest BCUT2D eigenvalue weighted by Gasteiger charge is 1.99. The molecule has 1 aromatic carbocycles. The first kappa shape index (κ1) is 13.1. The SMILES string of the molecule is CCCOCCNc1ccc(I)cc1Cl. The summed E-state index contributed by atoms with van der Waals surface area (Å²) >= 11 is 8.30. The van der Waals surface area contributed by atoms with Crippen molar-refractivity contribution in [1.29, 1.82) is 0 Å². The Morgan fingerprint density at radius 3 is 2.87 bits per heavy atom. The van der Waals surface area contributed by atoms with Crippen LogP contribution in [0.25, 0.3) is 0 Å². The summed E-state index contributed by atoms with van der Waals surface area (Å²) in [5, 5.41) is 4.00. The fourth-order valence-electron chi connectivity index (χ4n) is 1.14. The number of hydrogen-bond donors (Lipinski definition) is 1. The van der Waals surface area contributed by atoms with Gasteiger partial charge in [-0.25, -0.2) is 0 Å². The second kappa shape index (κ2) is 7.30. The van der Waals surface area contributed by atoms with Crippen molar-refractivity contribution in [1.82, 2.24) is 0 Å². The van der Waals surface area contributed by atoms with Crippen molar-refractivity contribution in [3.63, 3.8) is 0 Å². The normalized spacial score (nSPS) is 10.3. The van der Waals surface area contributed by atoms with E-state index in [1.807, 2.05) is 18.2 Å². The molecular weight excluding hydrogens is 324 g/mol. The van der Waals surface area contributed by atoms with Gasteiger partial charge in [0.15, 0.2) is 0 Å². The summed E-state index contributed by atoms with van der Waals surface area (Å²) in [6.45, 7) is 4.43. The molecule has 1 rings (SSSR count). The van der Waals surface area contributed by atoms with Crippen LogP contribution < -0.4 is 5.32 Å². The molecule has 1 N–H and O–H groups in total. The molecule has 0 aliphatic rings. The van der Waals surface area contributed by atoms with Crippen LogP contribution >= 0.6 is 34.2 Å². The van der Waals surface area contributed by atoms with Gasteiger partial charge in [-0.3, -0.25) is 0 Å². The zero-order valence-electron chi connectivity index (χ0n) is 8.72. The van der Waals surface area contributed by atoms with E-state index in [1.165, 1.54) is 0 Å². The minimum Gasteiger partial charge on any atom is -0.382 e. The number of hydrogen-bond acceptors (Lipinski definition) is 2. The van der Waals surface area contributed by atoms with Gasteiger partial charge in [0.05, 0.1) is 17.3 Å². The summed E-state index contributed by atoms with van der Waals surface area (Å²) in [6, 6.07) is 5.96. The molecule has 0 saturated heterocycles. The lowest BCUT2D eigenvalue weighted by Gasteiger charge is -2.08. The monoisotopic (exact) mass is 339 g/mol. The zero-order valence-corrected chi connectivity index (χ0v) is 11.6. The van der Waals surface area contributed by atoms with Gasteiger partial charge in [-0.05, 0) is 47.2 Å². The maximum atomic E-state index is 6.06. The third-order valence-corrected chi connectivity index (χ3v) is 2.83. The average Bonchev–Trinajstić information content (AvgIpc) is 2.20. The first-order valence-electron chi connectivity index (χ1n) is 5.00. The van der Waals surface area contributed by atoms with E-state index in [4.69, 9.17) is 16.3 Å². The van der Waals surface area contributed by atoms with Gasteiger partial charge in [-0.15, -0.1) is 0 Å². The van der Waals surface area contributed by atoms with Gasteiger partial charge in [0, 0.05) is 16.7 Å². The van der Waals surface area contributed by atoms with Crippen molar-refractivity contribution in [2.75, 3.05) is 25.1 Å². The Balaban J connectivity index is 2.31. The average molecular weight is 340 g/mol. The molecule has 0 fully saturated rings. The Kier molecular flexibility index (Phi) is 6.36. The molecule has 0 radical (unpaired) electrons. The topological polar surface area (TPSA) is 21.3 Å². The largest absolute Gasteiger partial charge is 0.382 e. The summed E-state index contributed by atoms with van der Waals surface area (Å²) in [5.74, 6) is 0. The maximum absolute atomic E-state index is 6.06. The van der Waals surface area contributed by atoms with Gasteiger partial charge in [-0.1, -0.05) is 18.5 Å². The number of rotatable bonds is 6. The van der Waals surface area contributed by atoms with E-state index < -0.39 is 0 Å². The first-order valence-corrected chi connectivity index (χ1v) is 6.46. The fraction of sp³-hybridized carbons (Fsp3) is 0.455. The first-order chi connectivity index (χ1) is 7.24. The molecule has 0 aromatic heterocycles. The van der Waals surface area contributed by atoms with Crippen LogP contribution in [0.15, 0.2) is 18.2 Å². The van der Waals surface area contributed by atoms with E-state index in [9.17, 15) is 0 Å². The summed E-state index contributed by atoms with van der Waals surface area (Å²) in [6.07, 6.45) is 1.06. The second-order valence-electron chi connectivity index (χ2n) is 3.16. The Bertz CT molecular complexity index is 307. The number of halogens is 2. The van der Waals surface area contributed by atoms with E-state index in [1.54, 1.807) is 0 Å². The molecule has 0 amide bonds. The Labute approximate surface area is 109 Å². The second-order valence-corrected chi connectivity index (χ2v) is 4.82. The molecule has 0 aliphatic carbocycles. The predicted molar refractivity (Wildman–Crippen MR) is 73.8 cm³/mol. The number of ether oxygens (including phenoxy) is 1. The minimum absolute atomic E-state index is 0.718. The van der Waals surface area contributed by atoms with Gasteiger partial charge in [0.1, 0.15) is 0 Å². The molecule has 0 heterocycles. The maximum Gasteiger partial charge on any atom is 0.0648 e. The lowest BCUT2D eigenvalue weighted by atomic mass is 10.3. The molecule has 4 heteroatoms. The third-order valence-electron chi connectivity index (χ3n) is 1.84. The van der Waals surface area contributed by atoms with Crippen molar-refractivity contribution >= 4 is 39.9 Å². The summed E-state index contributed by atoms with van der Waals surface area (Å²) < 4.78 is 6.50. The molecule has 0 aliphatic heterocycles. The van der Waals surface area contributed by atoms with Crippen molar-refractivity contribution in [2.24, 2.45) is 0 Å². The van der Waals surface area contributed by atoms with Crippen LogP contribution in [0.5, 0.6) is 0 Å². The lowest BCUT2D eigenvalue weighted by molar-refractivity contribution is 0.144. The standard InChI is InChI=1S/C11H15ClINO/c1-2-6-15-7-5-14-11-4-3-9(13)8-10(11)12/h3-4,8,14H,2,5-7H2,1H3. The zero-order chi connectivity index (χ0) is 11.1. The van der Waals surface area contributed by atoms with Crippen LogP contribution in [0.1, 0.15) is 13.3 Å². The molecule has 15 heavy (non-hydrogen) atoms. The Hall–Kier alpha value is -0.0000000000000000555. The predicted octanol–water partition coefficient (Wildman–Crippen LogP) is 3.78. The molecule has 0 spiro atoms. The van der Waals surface area contributed by atoms with E-state index in [0.717, 1.165) is 40.5 Å². The molecule has 0 atom stereocenters. The third kappa shape index (κ3) is 5.04. The molecule has 0 unspecified atom stereocenters. The van der Waals surface area contributed by atoms with Crippen LogP contribution in [-0.2, 0) is 4.74 Å². The molecule has 84 valence electrons. The lowest BCUT2D eigenvalue weighted by Crippen LogP contribution is -2.10. The molecule has 0 saturated carbocycles. The van der Waals surface area contributed by atoms with E-state index in [2.05, 4.69) is 34.8 Å². The minimum atomic E-state index is 0.718. The number of nitrogens with one attached hydrogen (secondary N) is 1. The summed E-state index contributed by atoms with van der Waals surface area (Å²) in [7, 11) is 0. The molecule has 0 bridgehead atoms. The highest BCUT2D eigenvalue weighted by atomic mass is 127. The van der Waals surface area contributed by atoms with Gasteiger partial charge in [0.25, 0.3) is 0 Å². The van der Waals surface area contributed by atoms with Crippen LogP contribution in [0.4, 0.5) is 5.69 Å². The smallest absolute Gasteiger partial charge is 0.0648 e. The fourth-order valence-corrected chi connectivity index (χ4v) is 2.06. The molecular formula is C11H15ClINO. The van der Waals surface area contributed by atoms with Gasteiger partial charge in [0.2, 0.25) is 0 Å². The van der Waals surface area contributed by atoms with Gasteiger partial charge >= 0.3 is 0 Å². The Morgan fingerprint density at radius 2 is 2.20 bits per heavy atom. The van der Waals surface area contributed by atoms with Crippen LogP contribution in [0.2, 0.25) is 5.02 Å². The Morgan fingerprint density at radius 1 is 1.40 bits per heavy atom. The van der Waals surface area contributed by atoms with Gasteiger partial charge in [-0.2, -0.15) is 0 Å². The quantitative estimate of drug-likeness (QED) is 0.629. The van der Waals surface area contributed by atoms with Crippen molar-refractivity contribution in [3.8, 4) is 0 Å². The highest BCUT2D eigenvalue weighted by molar-refractivity contribution is 14.1. The van der Waals surface area contributed by atoms with Crippen molar-refractivity contribution < 1.29 is 4.74 Å². The van der Waals surface area contributed by atoms with E-state index >= 15 is 0 Å². The van der Waals surface area contributed by atoms with Crippen molar-refractivity contribution in [2.45, 2.75) is 13.3 Å². The van der Waals surface area contributed by atoms with Crippen LogP contribution in [-0.4, -0.2) is 19.8 Å². The molecule has 1 aromatic rings. The number of anilines is 1. The van der Waals surface area contributed by atoms with Crippen molar-refractivity contribution in [3.05, 3.63) is 26.8 Å². The van der Waals surface area contributed by atoms with Crippen LogP contribution in [0.3, 0.4) is 0 Å². The van der Waals surface area contributed by atoms with E-state index in [-0.39, 0.29) is 0 Å². The van der Waals surface area contributed by atoms with Crippen LogP contribution in [0, 0.1) is 3.57 Å². The van der Waals surface area contributed by atoms with Gasteiger partial charge < -0.3 is 10.1 Å². The van der Waals surface area contributed by atoms with E-state index in [0.29, 0.717) is 0 Å². The number of benzene rings is 1. The summed E-state index contributed by atoms with van der Waals surface area (Å²) in [5.41, 5.74) is 0.970. The summed E-state index contributed by atoms with van der Waals surface area (Å²) in [4.78, 5) is 0. The molecule has 2 nitrogen and oxygen atoms in total.